The second-order valence-corrected chi connectivity index (χ2v) is 9.83. The van der Waals surface area contributed by atoms with Crippen molar-refractivity contribution in [1.29, 1.82) is 0 Å². The van der Waals surface area contributed by atoms with Crippen LogP contribution in [0.2, 0.25) is 0 Å². The molecular weight excluding hydrogens is 504 g/mol. The Morgan fingerprint density at radius 2 is 1.61 bits per heavy atom. The van der Waals surface area contributed by atoms with Gasteiger partial charge < -0.3 is 58.7 Å². The topological polar surface area (TPSA) is 166 Å². The molecule has 0 aromatic heterocycles. The van der Waals surface area contributed by atoms with Gasteiger partial charge in [0.2, 0.25) is 18.8 Å². The lowest BCUT2D eigenvalue weighted by molar-refractivity contribution is -0.277. The molecule has 12 nitrogen and oxygen atoms in total. The molecule has 9 atom stereocenters. The van der Waals surface area contributed by atoms with Gasteiger partial charge in [-0.3, -0.25) is 0 Å². The van der Waals surface area contributed by atoms with Crippen molar-refractivity contribution in [1.82, 2.24) is 0 Å². The summed E-state index contributed by atoms with van der Waals surface area (Å²) in [6, 6.07) is 8.57. The maximum absolute atomic E-state index is 10.7. The molecule has 4 aliphatic rings. The highest BCUT2D eigenvalue weighted by atomic mass is 16.7. The number of aromatic hydroxyl groups is 1. The molecule has 5 N–H and O–H groups in total. The molecule has 2 aromatic carbocycles. The minimum atomic E-state index is -1.59. The van der Waals surface area contributed by atoms with Crippen molar-refractivity contribution in [3.8, 4) is 28.7 Å². The van der Waals surface area contributed by atoms with E-state index < -0.39 is 37.3 Å². The van der Waals surface area contributed by atoms with Gasteiger partial charge in [-0.05, 0) is 35.4 Å². The van der Waals surface area contributed by atoms with E-state index in [-0.39, 0.29) is 42.3 Å². The van der Waals surface area contributed by atoms with Gasteiger partial charge in [-0.15, -0.1) is 0 Å². The average molecular weight is 535 g/mol. The number of phenols is 1. The van der Waals surface area contributed by atoms with Crippen molar-refractivity contribution >= 4 is 0 Å². The highest BCUT2D eigenvalue weighted by Gasteiger charge is 2.49. The molecule has 0 aliphatic carbocycles. The van der Waals surface area contributed by atoms with E-state index in [1.807, 2.05) is 12.1 Å². The third-order valence-corrected chi connectivity index (χ3v) is 7.68. The molecule has 3 fully saturated rings. The Kier molecular flexibility index (Phi) is 6.72. The molecule has 206 valence electrons. The van der Waals surface area contributed by atoms with E-state index in [4.69, 9.17) is 33.2 Å². The fraction of sp³-hybridized carbons (Fsp3) is 0.538. The fourth-order valence-electron chi connectivity index (χ4n) is 5.65. The van der Waals surface area contributed by atoms with Gasteiger partial charge in [-0.25, -0.2) is 0 Å². The summed E-state index contributed by atoms with van der Waals surface area (Å²) < 4.78 is 39.8. The van der Waals surface area contributed by atoms with Crippen LogP contribution in [0.3, 0.4) is 0 Å². The summed E-state index contributed by atoms with van der Waals surface area (Å²) in [5, 5.41) is 50.2. The van der Waals surface area contributed by atoms with Gasteiger partial charge in [0.25, 0.3) is 0 Å². The third-order valence-electron chi connectivity index (χ3n) is 7.68. The summed E-state index contributed by atoms with van der Waals surface area (Å²) in [6.45, 7) is 0.470. The Morgan fingerprint density at radius 1 is 0.868 bits per heavy atom. The van der Waals surface area contributed by atoms with Crippen molar-refractivity contribution in [2.24, 2.45) is 11.8 Å². The predicted octanol–water partition coefficient (Wildman–Crippen LogP) is 0.383. The van der Waals surface area contributed by atoms with Gasteiger partial charge in [-0.2, -0.15) is 0 Å². The van der Waals surface area contributed by atoms with Gasteiger partial charge in [-0.1, -0.05) is 6.07 Å². The number of hydrogen-bond acceptors (Lipinski definition) is 12. The first kappa shape index (κ1) is 25.4. The zero-order valence-electron chi connectivity index (χ0n) is 20.5. The van der Waals surface area contributed by atoms with Crippen LogP contribution in [0.25, 0.3) is 0 Å². The first-order valence-corrected chi connectivity index (χ1v) is 12.4. The van der Waals surface area contributed by atoms with Gasteiger partial charge >= 0.3 is 0 Å². The van der Waals surface area contributed by atoms with Crippen LogP contribution < -0.4 is 18.9 Å². The number of aliphatic hydroxyl groups excluding tert-OH is 4. The SMILES string of the molecule is COc1cc(C2OCC3C(c4ccc(OC5OC(CO)C(O)C(O)C5O)c(O)c4)OCC23)cc2c1OCO2. The summed E-state index contributed by atoms with van der Waals surface area (Å²) in [4.78, 5) is 0. The maximum Gasteiger partial charge on any atom is 0.231 e. The molecule has 4 heterocycles. The van der Waals surface area contributed by atoms with Crippen molar-refractivity contribution in [2.75, 3.05) is 33.7 Å². The number of rotatable bonds is 6. The molecule has 3 saturated heterocycles. The molecule has 0 radical (unpaired) electrons. The second kappa shape index (κ2) is 10.0. The summed E-state index contributed by atoms with van der Waals surface area (Å²) >= 11 is 0. The number of ether oxygens (including phenoxy) is 7. The number of phenolic OH excluding ortho intramolecular Hbond substituents is 1. The number of benzene rings is 2. The van der Waals surface area contributed by atoms with Crippen LogP contribution in [0.5, 0.6) is 28.7 Å². The Balaban J connectivity index is 1.17. The fourth-order valence-corrected chi connectivity index (χ4v) is 5.65. The summed E-state index contributed by atoms with van der Waals surface area (Å²) in [5.74, 6) is 1.65. The lowest BCUT2D eigenvalue weighted by atomic mass is 9.85. The van der Waals surface area contributed by atoms with Gasteiger partial charge in [0.05, 0.1) is 39.1 Å². The molecule has 38 heavy (non-hydrogen) atoms. The second-order valence-electron chi connectivity index (χ2n) is 9.83. The lowest BCUT2D eigenvalue weighted by Crippen LogP contribution is -2.60. The van der Waals surface area contributed by atoms with Crippen LogP contribution >= 0.6 is 0 Å². The Bertz CT molecular complexity index is 1170. The number of methoxy groups -OCH3 is 1. The van der Waals surface area contributed by atoms with E-state index in [1.165, 1.54) is 12.1 Å². The highest BCUT2D eigenvalue weighted by molar-refractivity contribution is 5.55. The molecule has 0 bridgehead atoms. The van der Waals surface area contributed by atoms with Gasteiger partial charge in [0.1, 0.15) is 24.4 Å². The monoisotopic (exact) mass is 534 g/mol. The van der Waals surface area contributed by atoms with Crippen LogP contribution in [0.1, 0.15) is 23.3 Å². The number of hydrogen-bond donors (Lipinski definition) is 5. The minimum absolute atomic E-state index is 0.000583. The van der Waals surface area contributed by atoms with E-state index in [0.717, 1.165) is 11.1 Å². The van der Waals surface area contributed by atoms with E-state index >= 15 is 0 Å². The number of aliphatic hydroxyl groups is 4. The van der Waals surface area contributed by atoms with Crippen molar-refractivity contribution < 1.29 is 58.7 Å². The van der Waals surface area contributed by atoms with Crippen LogP contribution in [0.15, 0.2) is 30.3 Å². The van der Waals surface area contributed by atoms with Crippen LogP contribution in [-0.4, -0.2) is 90.0 Å². The molecular formula is C26H30O12. The summed E-state index contributed by atoms with van der Waals surface area (Å²) in [6.07, 6.45) is -7.76. The highest BCUT2D eigenvalue weighted by Crippen LogP contribution is 2.53. The van der Waals surface area contributed by atoms with E-state index in [1.54, 1.807) is 13.2 Å². The molecule has 0 amide bonds. The van der Waals surface area contributed by atoms with E-state index in [2.05, 4.69) is 0 Å². The van der Waals surface area contributed by atoms with Crippen molar-refractivity contribution in [2.45, 2.75) is 42.9 Å². The molecule has 2 aromatic rings. The maximum atomic E-state index is 10.7. The molecule has 12 heteroatoms. The van der Waals surface area contributed by atoms with Gasteiger partial charge in [0, 0.05) is 11.8 Å². The summed E-state index contributed by atoms with van der Waals surface area (Å²) in [5.41, 5.74) is 1.64. The molecule has 9 unspecified atom stereocenters. The molecule has 4 aliphatic heterocycles. The zero-order valence-corrected chi connectivity index (χ0v) is 20.5. The zero-order chi connectivity index (χ0) is 26.6. The Labute approximate surface area is 217 Å². The minimum Gasteiger partial charge on any atom is -0.504 e. The first-order chi connectivity index (χ1) is 18.4. The first-order valence-electron chi connectivity index (χ1n) is 12.4. The normalized spacial score (nSPS) is 35.8. The standard InChI is InChI=1S/C26H30O12/c1-32-17-5-12(6-18-25(17)36-10-35-18)24-14-9-33-23(13(14)8-34-24)11-2-3-16(15(28)4-11)37-26-22(31)21(30)20(29)19(7-27)38-26/h2-6,13-14,19-24,26-31H,7-10H2,1H3. The quantitative estimate of drug-likeness (QED) is 0.347. The third kappa shape index (κ3) is 4.22. The van der Waals surface area contributed by atoms with Crippen LogP contribution in [0.4, 0.5) is 0 Å². The predicted molar refractivity (Wildman–Crippen MR) is 126 cm³/mol. The van der Waals surface area contributed by atoms with Crippen molar-refractivity contribution in [3.05, 3.63) is 41.5 Å². The summed E-state index contributed by atoms with van der Waals surface area (Å²) in [7, 11) is 1.57. The lowest BCUT2D eigenvalue weighted by Gasteiger charge is -2.39. The van der Waals surface area contributed by atoms with E-state index in [9.17, 15) is 25.5 Å². The van der Waals surface area contributed by atoms with Crippen LogP contribution in [-0.2, 0) is 14.2 Å². The van der Waals surface area contributed by atoms with E-state index in [0.29, 0.717) is 30.5 Å². The largest absolute Gasteiger partial charge is 0.504 e. The molecule has 0 spiro atoms. The van der Waals surface area contributed by atoms with Crippen molar-refractivity contribution in [3.63, 3.8) is 0 Å². The van der Waals surface area contributed by atoms with Crippen LogP contribution in [0, 0.1) is 11.8 Å². The smallest absolute Gasteiger partial charge is 0.231 e. The average Bonchev–Trinajstić information content (AvgIpc) is 3.66. The van der Waals surface area contributed by atoms with Gasteiger partial charge in [0.15, 0.2) is 23.0 Å². The Hall–Kier alpha value is -2.84. The molecule has 0 saturated carbocycles. The molecule has 6 rings (SSSR count). The Morgan fingerprint density at radius 3 is 2.29 bits per heavy atom. The number of fused-ring (bicyclic) bond motifs is 2.